The molecule has 0 bridgehead atoms. The number of hydrogen-bond acceptors (Lipinski definition) is 2. The molecule has 0 spiro atoms. The van der Waals surface area contributed by atoms with Crippen LogP contribution in [0.4, 0.5) is 17.6 Å². The maximum atomic E-state index is 15.0. The Morgan fingerprint density at radius 2 is 1.32 bits per heavy atom. The lowest BCUT2D eigenvalue weighted by atomic mass is 9.94. The number of hydrogen-bond donors (Lipinski definition) is 0. The number of benzene rings is 3. The van der Waals surface area contributed by atoms with Gasteiger partial charge < -0.3 is 9.47 Å². The lowest BCUT2D eigenvalue weighted by molar-refractivity contribution is -0.189. The van der Waals surface area contributed by atoms with Crippen LogP contribution in [0, 0.1) is 30.2 Å². The molecule has 34 heavy (non-hydrogen) atoms. The van der Waals surface area contributed by atoms with Crippen LogP contribution in [0.5, 0.6) is 0 Å². The van der Waals surface area contributed by atoms with Crippen LogP contribution in [-0.4, -0.2) is 19.5 Å². The number of allylic oxidation sites excluding steroid dienone is 2. The maximum absolute atomic E-state index is 15.0. The summed E-state index contributed by atoms with van der Waals surface area (Å²) < 4.78 is 69.5. The fourth-order valence-corrected chi connectivity index (χ4v) is 4.09. The van der Waals surface area contributed by atoms with Crippen LogP contribution in [-0.2, 0) is 9.47 Å². The van der Waals surface area contributed by atoms with Gasteiger partial charge in [0.25, 0.3) is 0 Å². The Morgan fingerprint density at radius 1 is 0.765 bits per heavy atom. The molecule has 2 nitrogen and oxygen atoms in total. The minimum Gasteiger partial charge on any atom is -0.352 e. The highest BCUT2D eigenvalue weighted by Crippen LogP contribution is 2.34. The summed E-state index contributed by atoms with van der Waals surface area (Å²) in [6.45, 7) is 3.94. The predicted molar refractivity (Wildman–Crippen MR) is 124 cm³/mol. The molecule has 0 radical (unpaired) electrons. The molecule has 0 saturated carbocycles. The van der Waals surface area contributed by atoms with Gasteiger partial charge in [-0.15, -0.1) is 0 Å². The van der Waals surface area contributed by atoms with Crippen molar-refractivity contribution in [3.05, 3.63) is 95.1 Å². The fourth-order valence-electron chi connectivity index (χ4n) is 4.09. The fraction of sp³-hybridized carbons (Fsp3) is 0.286. The molecule has 1 aliphatic heterocycles. The number of rotatable bonds is 6. The van der Waals surface area contributed by atoms with Crippen LogP contribution in [0.25, 0.3) is 22.3 Å². The molecular formula is C28H26F4O2. The van der Waals surface area contributed by atoms with Crippen LogP contribution in [0.15, 0.2) is 60.7 Å². The highest BCUT2D eigenvalue weighted by molar-refractivity contribution is 5.71. The van der Waals surface area contributed by atoms with Crippen LogP contribution in [0.1, 0.15) is 36.8 Å². The van der Waals surface area contributed by atoms with E-state index < -0.39 is 29.2 Å². The quantitative estimate of drug-likeness (QED) is 0.271. The lowest BCUT2D eigenvalue weighted by Gasteiger charge is -2.30. The Labute approximate surface area is 196 Å². The van der Waals surface area contributed by atoms with Crippen molar-refractivity contribution in [2.75, 3.05) is 13.2 Å². The minimum absolute atomic E-state index is 0.0882. The highest BCUT2D eigenvalue weighted by Gasteiger charge is 2.27. The first-order valence-corrected chi connectivity index (χ1v) is 11.3. The second-order valence-electron chi connectivity index (χ2n) is 8.41. The van der Waals surface area contributed by atoms with E-state index in [-0.39, 0.29) is 41.8 Å². The molecular weight excluding hydrogens is 444 g/mol. The van der Waals surface area contributed by atoms with Gasteiger partial charge in [-0.1, -0.05) is 60.7 Å². The van der Waals surface area contributed by atoms with E-state index in [1.165, 1.54) is 25.1 Å². The second kappa shape index (κ2) is 10.5. The van der Waals surface area contributed by atoms with Crippen molar-refractivity contribution in [1.29, 1.82) is 0 Å². The molecule has 0 N–H and O–H groups in total. The number of aryl methyl sites for hydroxylation is 1. The Morgan fingerprint density at radius 3 is 1.91 bits per heavy atom. The summed E-state index contributed by atoms with van der Waals surface area (Å²) in [6.07, 6.45) is 5.18. The van der Waals surface area contributed by atoms with Gasteiger partial charge in [0.15, 0.2) is 29.6 Å². The average molecular weight is 471 g/mol. The van der Waals surface area contributed by atoms with Crippen molar-refractivity contribution in [2.24, 2.45) is 0 Å². The molecule has 0 aliphatic carbocycles. The molecule has 1 heterocycles. The van der Waals surface area contributed by atoms with Gasteiger partial charge >= 0.3 is 0 Å². The zero-order chi connectivity index (χ0) is 24.2. The summed E-state index contributed by atoms with van der Waals surface area (Å²) in [4.78, 5) is 0. The van der Waals surface area contributed by atoms with Gasteiger partial charge in [-0.2, -0.15) is 0 Å². The molecule has 4 rings (SSSR count). The van der Waals surface area contributed by atoms with E-state index >= 15 is 0 Å². The number of ether oxygens (including phenoxy) is 2. The molecule has 0 aromatic heterocycles. The third kappa shape index (κ3) is 4.93. The predicted octanol–water partition coefficient (Wildman–Crippen LogP) is 7.70. The van der Waals surface area contributed by atoms with Gasteiger partial charge in [0, 0.05) is 23.5 Å². The third-order valence-electron chi connectivity index (χ3n) is 6.11. The minimum atomic E-state index is -0.965. The van der Waals surface area contributed by atoms with Gasteiger partial charge in [-0.3, -0.25) is 0 Å². The SMILES string of the molecule is CC=CCCC1OCC(c2ccc(-c3ccc(-c4ccc(C)c(F)c4F)cc3)c(F)c2F)CO1. The van der Waals surface area contributed by atoms with Crippen LogP contribution >= 0.6 is 0 Å². The topological polar surface area (TPSA) is 18.5 Å². The van der Waals surface area contributed by atoms with Crippen molar-refractivity contribution in [3.63, 3.8) is 0 Å². The summed E-state index contributed by atoms with van der Waals surface area (Å²) in [7, 11) is 0. The smallest absolute Gasteiger partial charge is 0.166 e. The lowest BCUT2D eigenvalue weighted by Crippen LogP contribution is -2.31. The van der Waals surface area contributed by atoms with Gasteiger partial charge in [0.2, 0.25) is 0 Å². The zero-order valence-electron chi connectivity index (χ0n) is 19.1. The summed E-state index contributed by atoms with van der Waals surface area (Å²) >= 11 is 0. The molecule has 1 aliphatic rings. The molecule has 0 unspecified atom stereocenters. The monoisotopic (exact) mass is 470 g/mol. The zero-order valence-corrected chi connectivity index (χ0v) is 19.1. The van der Waals surface area contributed by atoms with Crippen LogP contribution in [0.3, 0.4) is 0 Å². The number of halogens is 4. The van der Waals surface area contributed by atoms with Crippen molar-refractivity contribution in [3.8, 4) is 22.3 Å². The van der Waals surface area contributed by atoms with Crippen LogP contribution < -0.4 is 0 Å². The maximum Gasteiger partial charge on any atom is 0.166 e. The average Bonchev–Trinajstić information content (AvgIpc) is 2.85. The van der Waals surface area contributed by atoms with Crippen molar-refractivity contribution in [2.45, 2.75) is 38.9 Å². The molecule has 3 aromatic rings. The van der Waals surface area contributed by atoms with E-state index in [1.54, 1.807) is 30.3 Å². The van der Waals surface area contributed by atoms with Crippen LogP contribution in [0.2, 0.25) is 0 Å². The Hall–Kier alpha value is -2.96. The van der Waals surface area contributed by atoms with Crippen molar-refractivity contribution in [1.82, 2.24) is 0 Å². The van der Waals surface area contributed by atoms with E-state index in [9.17, 15) is 17.6 Å². The molecule has 3 aromatic carbocycles. The highest BCUT2D eigenvalue weighted by atomic mass is 19.2. The van der Waals surface area contributed by atoms with E-state index in [0.29, 0.717) is 17.5 Å². The first-order chi connectivity index (χ1) is 16.4. The Bertz CT molecular complexity index is 1180. The van der Waals surface area contributed by atoms with Gasteiger partial charge in [-0.25, -0.2) is 17.6 Å². The van der Waals surface area contributed by atoms with Crippen molar-refractivity contribution >= 4 is 0 Å². The standard InChI is InChI=1S/C28H26F4O2/c1-3-4-5-6-24-33-15-20(16-34-24)23-14-13-22(27(31)28(23)32)19-10-8-18(9-11-19)21-12-7-17(2)25(29)26(21)30/h3-4,7-14,20,24H,5-6,15-16H2,1-2H3. The molecule has 0 amide bonds. The summed E-state index contributed by atoms with van der Waals surface area (Å²) in [5.74, 6) is -4.13. The summed E-state index contributed by atoms with van der Waals surface area (Å²) in [6, 6.07) is 12.3. The molecule has 178 valence electrons. The van der Waals surface area contributed by atoms with E-state index in [1.807, 2.05) is 19.1 Å². The third-order valence-corrected chi connectivity index (χ3v) is 6.11. The van der Waals surface area contributed by atoms with Gasteiger partial charge in [0.1, 0.15) is 0 Å². The first kappa shape index (κ1) is 24.2. The Balaban J connectivity index is 1.51. The largest absolute Gasteiger partial charge is 0.352 e. The summed E-state index contributed by atoms with van der Waals surface area (Å²) in [5.41, 5.74) is 1.50. The van der Waals surface area contributed by atoms with E-state index in [0.717, 1.165) is 6.42 Å². The molecule has 1 fully saturated rings. The van der Waals surface area contributed by atoms with E-state index in [2.05, 4.69) is 0 Å². The second-order valence-corrected chi connectivity index (χ2v) is 8.41. The molecule has 1 saturated heterocycles. The van der Waals surface area contributed by atoms with Gasteiger partial charge in [0.05, 0.1) is 13.2 Å². The van der Waals surface area contributed by atoms with E-state index in [4.69, 9.17) is 9.47 Å². The molecule has 0 atom stereocenters. The van der Waals surface area contributed by atoms with Crippen molar-refractivity contribution < 1.29 is 27.0 Å². The first-order valence-electron chi connectivity index (χ1n) is 11.3. The molecule has 6 heteroatoms. The normalized spacial score (nSPS) is 18.5. The van der Waals surface area contributed by atoms with Gasteiger partial charge in [-0.05, 0) is 42.5 Å². The Kier molecular flexibility index (Phi) is 7.49. The summed E-state index contributed by atoms with van der Waals surface area (Å²) in [5, 5.41) is 0.